The van der Waals surface area contributed by atoms with Crippen molar-refractivity contribution in [3.05, 3.63) is 71.8 Å². The third kappa shape index (κ3) is 5.46. The number of rotatable bonds is 7. The van der Waals surface area contributed by atoms with Gasteiger partial charge in [0, 0.05) is 37.8 Å². The third-order valence-corrected chi connectivity index (χ3v) is 8.40. The van der Waals surface area contributed by atoms with E-state index in [4.69, 9.17) is 10.5 Å². The second-order valence-corrected chi connectivity index (χ2v) is 11.1. The van der Waals surface area contributed by atoms with E-state index in [2.05, 4.69) is 4.98 Å². The molecule has 1 saturated carbocycles. The number of carbonyl (C=O) groups excluding carboxylic acids is 1. The second kappa shape index (κ2) is 9.91. The Bertz CT molecular complexity index is 1450. The summed E-state index contributed by atoms with van der Waals surface area (Å²) in [5, 5.41) is 0. The van der Waals surface area contributed by atoms with Crippen LogP contribution in [0.3, 0.4) is 0 Å². The molecule has 1 aliphatic heterocycles. The van der Waals surface area contributed by atoms with Crippen molar-refractivity contribution in [1.82, 2.24) is 9.29 Å². The summed E-state index contributed by atoms with van der Waals surface area (Å²) in [6.07, 6.45) is -3.11. The zero-order chi connectivity index (χ0) is 27.1. The molecule has 2 aromatic carbocycles. The normalized spacial score (nSPS) is 16.9. The van der Waals surface area contributed by atoms with Gasteiger partial charge < -0.3 is 15.4 Å². The topological polar surface area (TPSA) is 106 Å². The van der Waals surface area contributed by atoms with Crippen LogP contribution in [0.5, 0.6) is 5.88 Å². The third-order valence-electron chi connectivity index (χ3n) is 6.49. The Kier molecular flexibility index (Phi) is 6.78. The smallest absolute Gasteiger partial charge is 0.416 e. The average Bonchev–Trinajstić information content (AvgIpc) is 3.72. The van der Waals surface area contributed by atoms with E-state index in [1.807, 2.05) is 0 Å². The number of carbonyl (C=O) groups is 1. The standard InChI is InChI=1S/C26H25F3N4O4S/c27-26(28,29)18-15-23(31-24(16-18)37-19-7-8-19)32-11-13-33(14-12-32)38(35,36)20-9-5-17(6-10-20)21-3-1-2-4-22(21)25(30)34/h1-6,9-10,15-16,19H,7-8,11-14H2,(H2,30,34). The highest BCUT2D eigenvalue weighted by atomic mass is 32.2. The predicted molar refractivity (Wildman–Crippen MR) is 134 cm³/mol. The Balaban J connectivity index is 1.31. The van der Waals surface area contributed by atoms with Gasteiger partial charge >= 0.3 is 6.18 Å². The van der Waals surface area contributed by atoms with Crippen LogP contribution in [0.25, 0.3) is 11.1 Å². The molecular weight excluding hydrogens is 521 g/mol. The van der Waals surface area contributed by atoms with Crippen molar-refractivity contribution >= 4 is 21.7 Å². The van der Waals surface area contributed by atoms with E-state index in [0.717, 1.165) is 25.0 Å². The summed E-state index contributed by atoms with van der Waals surface area (Å²) in [7, 11) is -3.85. The van der Waals surface area contributed by atoms with E-state index in [0.29, 0.717) is 16.7 Å². The van der Waals surface area contributed by atoms with Crippen LogP contribution in [0.2, 0.25) is 0 Å². The fourth-order valence-corrected chi connectivity index (χ4v) is 5.72. The van der Waals surface area contributed by atoms with E-state index in [9.17, 15) is 26.4 Å². The summed E-state index contributed by atoms with van der Waals surface area (Å²) in [6, 6.07) is 14.8. The molecule has 1 saturated heterocycles. The van der Waals surface area contributed by atoms with E-state index >= 15 is 0 Å². The molecule has 1 aliphatic carbocycles. The molecule has 8 nitrogen and oxygen atoms in total. The van der Waals surface area contributed by atoms with Crippen molar-refractivity contribution < 1.29 is 31.1 Å². The minimum absolute atomic E-state index is 0.0727. The highest BCUT2D eigenvalue weighted by Gasteiger charge is 2.35. The number of hydrogen-bond acceptors (Lipinski definition) is 6. The zero-order valence-corrected chi connectivity index (χ0v) is 21.0. The summed E-state index contributed by atoms with van der Waals surface area (Å²) in [5.41, 5.74) is 6.16. The van der Waals surface area contributed by atoms with Gasteiger partial charge in [0.25, 0.3) is 0 Å². The Morgan fingerprint density at radius 3 is 2.24 bits per heavy atom. The molecular formula is C26H25F3N4O4S. The quantitative estimate of drug-likeness (QED) is 0.482. The lowest BCUT2D eigenvalue weighted by Gasteiger charge is -2.35. The summed E-state index contributed by atoms with van der Waals surface area (Å²) in [5.74, 6) is -0.563. The molecule has 2 aliphatic rings. The number of sulfonamides is 1. The number of ether oxygens (including phenoxy) is 1. The molecule has 2 N–H and O–H groups in total. The average molecular weight is 547 g/mol. The minimum atomic E-state index is -4.56. The Labute approximate surface area is 217 Å². The molecule has 3 aromatic rings. The molecule has 5 rings (SSSR count). The predicted octanol–water partition coefficient (Wildman–Crippen LogP) is 3.92. The van der Waals surface area contributed by atoms with Crippen LogP contribution in [-0.4, -0.2) is 55.9 Å². The first-order valence-corrected chi connectivity index (χ1v) is 13.5. The Hall–Kier alpha value is -3.64. The number of alkyl halides is 3. The monoisotopic (exact) mass is 546 g/mol. The van der Waals surface area contributed by atoms with Gasteiger partial charge in [0.1, 0.15) is 11.9 Å². The van der Waals surface area contributed by atoms with Gasteiger partial charge in [-0.05, 0) is 48.2 Å². The van der Waals surface area contributed by atoms with Crippen LogP contribution in [0.15, 0.2) is 65.6 Å². The van der Waals surface area contributed by atoms with Gasteiger partial charge in [0.05, 0.1) is 10.5 Å². The second-order valence-electron chi connectivity index (χ2n) is 9.19. The number of anilines is 1. The van der Waals surface area contributed by atoms with Crippen molar-refractivity contribution in [3.8, 4) is 17.0 Å². The van der Waals surface area contributed by atoms with Gasteiger partial charge in [-0.3, -0.25) is 4.79 Å². The first kappa shape index (κ1) is 26.0. The van der Waals surface area contributed by atoms with E-state index in [1.165, 1.54) is 16.4 Å². The summed E-state index contributed by atoms with van der Waals surface area (Å²) >= 11 is 0. The van der Waals surface area contributed by atoms with Crippen LogP contribution >= 0.6 is 0 Å². The van der Waals surface area contributed by atoms with E-state index in [-0.39, 0.29) is 48.9 Å². The van der Waals surface area contributed by atoms with Gasteiger partial charge in [-0.1, -0.05) is 30.3 Å². The summed E-state index contributed by atoms with van der Waals surface area (Å²) < 4.78 is 73.7. The number of primary amides is 1. The van der Waals surface area contributed by atoms with Gasteiger partial charge in [0.2, 0.25) is 21.8 Å². The number of piperazine rings is 1. The first-order valence-electron chi connectivity index (χ1n) is 12.0. The molecule has 38 heavy (non-hydrogen) atoms. The number of pyridine rings is 1. The maximum atomic E-state index is 13.5. The van der Waals surface area contributed by atoms with Crippen molar-refractivity contribution in [2.24, 2.45) is 5.73 Å². The van der Waals surface area contributed by atoms with Crippen molar-refractivity contribution in [2.45, 2.75) is 30.0 Å². The molecule has 0 spiro atoms. The molecule has 1 aromatic heterocycles. The molecule has 1 amide bonds. The zero-order valence-electron chi connectivity index (χ0n) is 20.2. The van der Waals surface area contributed by atoms with Gasteiger partial charge in [-0.15, -0.1) is 0 Å². The number of amides is 1. The number of halogens is 3. The molecule has 0 unspecified atom stereocenters. The van der Waals surface area contributed by atoms with E-state index < -0.39 is 27.7 Å². The lowest BCUT2D eigenvalue weighted by atomic mass is 9.99. The van der Waals surface area contributed by atoms with Crippen LogP contribution in [0.4, 0.5) is 19.0 Å². The molecule has 2 fully saturated rings. The van der Waals surface area contributed by atoms with Crippen molar-refractivity contribution in [2.75, 3.05) is 31.1 Å². The van der Waals surface area contributed by atoms with Crippen molar-refractivity contribution in [1.29, 1.82) is 0 Å². The fourth-order valence-electron chi connectivity index (χ4n) is 4.30. The minimum Gasteiger partial charge on any atom is -0.474 e. The number of hydrogen-bond donors (Lipinski definition) is 1. The molecule has 2 heterocycles. The molecule has 0 atom stereocenters. The largest absolute Gasteiger partial charge is 0.474 e. The van der Waals surface area contributed by atoms with E-state index in [1.54, 1.807) is 41.3 Å². The lowest BCUT2D eigenvalue weighted by molar-refractivity contribution is -0.137. The molecule has 0 bridgehead atoms. The van der Waals surface area contributed by atoms with Crippen LogP contribution < -0.4 is 15.4 Å². The van der Waals surface area contributed by atoms with Crippen LogP contribution in [-0.2, 0) is 16.2 Å². The SMILES string of the molecule is NC(=O)c1ccccc1-c1ccc(S(=O)(=O)N2CCN(c3cc(C(F)(F)F)cc(OC4CC4)n3)CC2)cc1. The highest BCUT2D eigenvalue weighted by molar-refractivity contribution is 7.89. The van der Waals surface area contributed by atoms with Gasteiger partial charge in [-0.2, -0.15) is 22.5 Å². The lowest BCUT2D eigenvalue weighted by Crippen LogP contribution is -2.49. The van der Waals surface area contributed by atoms with Crippen LogP contribution in [0.1, 0.15) is 28.8 Å². The van der Waals surface area contributed by atoms with Gasteiger partial charge in [0.15, 0.2) is 0 Å². The number of nitrogens with zero attached hydrogens (tertiary/aromatic N) is 3. The Morgan fingerprint density at radius 1 is 0.974 bits per heavy atom. The first-order chi connectivity index (χ1) is 18.0. The summed E-state index contributed by atoms with van der Waals surface area (Å²) in [6.45, 7) is 0.484. The number of benzene rings is 2. The highest BCUT2D eigenvalue weighted by Crippen LogP contribution is 2.36. The maximum Gasteiger partial charge on any atom is 0.416 e. The Morgan fingerprint density at radius 2 is 1.63 bits per heavy atom. The molecule has 0 radical (unpaired) electrons. The molecule has 12 heteroatoms. The van der Waals surface area contributed by atoms with Crippen molar-refractivity contribution in [3.63, 3.8) is 0 Å². The number of nitrogens with two attached hydrogens (primary N) is 1. The number of aromatic nitrogens is 1. The fraction of sp³-hybridized carbons (Fsp3) is 0.308. The van der Waals surface area contributed by atoms with Gasteiger partial charge in [-0.25, -0.2) is 8.42 Å². The molecule has 200 valence electrons. The maximum absolute atomic E-state index is 13.5. The summed E-state index contributed by atoms with van der Waals surface area (Å²) in [4.78, 5) is 17.7. The van der Waals surface area contributed by atoms with Crippen LogP contribution in [0, 0.1) is 0 Å².